The average Bonchev–Trinajstić information content (AvgIpc) is 3.12. The summed E-state index contributed by atoms with van der Waals surface area (Å²) >= 11 is 0. The molecule has 0 nitrogen and oxygen atoms in total. The highest BCUT2D eigenvalue weighted by atomic mass is 14.4. The molecule has 4 aromatic carbocycles. The van der Waals surface area contributed by atoms with E-state index in [9.17, 15) is 0 Å². The minimum atomic E-state index is -0.123. The minimum absolute atomic E-state index is 0.123. The number of aryl methyl sites for hydroxylation is 1. The van der Waals surface area contributed by atoms with Crippen LogP contribution >= 0.6 is 0 Å². The van der Waals surface area contributed by atoms with Crippen molar-refractivity contribution < 1.29 is 0 Å². The number of hydrogen-bond donors (Lipinski definition) is 0. The van der Waals surface area contributed by atoms with E-state index < -0.39 is 0 Å². The third kappa shape index (κ3) is 3.37. The molecule has 1 aliphatic carbocycles. The zero-order chi connectivity index (χ0) is 25.6. The van der Waals surface area contributed by atoms with E-state index in [0.717, 1.165) is 16.7 Å². The van der Waals surface area contributed by atoms with Crippen molar-refractivity contribution in [2.45, 2.75) is 26.2 Å². The van der Waals surface area contributed by atoms with Gasteiger partial charge >= 0.3 is 0 Å². The molecule has 0 fully saturated rings. The Balaban J connectivity index is 1.73. The zero-order valence-corrected chi connectivity index (χ0v) is 21.5. The van der Waals surface area contributed by atoms with E-state index in [2.05, 4.69) is 108 Å². The van der Waals surface area contributed by atoms with E-state index in [1.165, 1.54) is 55.6 Å². The van der Waals surface area contributed by atoms with Crippen LogP contribution in [0.15, 0.2) is 93.0 Å². The van der Waals surface area contributed by atoms with Crippen molar-refractivity contribution in [3.05, 3.63) is 132 Å². The molecule has 0 bridgehead atoms. The molecule has 5 rings (SSSR count). The van der Waals surface area contributed by atoms with Gasteiger partial charge in [0.2, 0.25) is 0 Å². The second-order valence-electron chi connectivity index (χ2n) is 10.00. The zero-order valence-electron chi connectivity index (χ0n) is 21.5. The number of fused-ring (bicyclic) bond motifs is 3. The highest BCUT2D eigenvalue weighted by Crippen LogP contribution is 2.52. The van der Waals surface area contributed by atoms with Gasteiger partial charge in [0.1, 0.15) is 0 Å². The largest absolute Gasteiger partial charge is 0.0984 e. The lowest BCUT2D eigenvalue weighted by Gasteiger charge is -2.23. The fraction of sp³-hybridized carbons (Fsp3) is 0.111. The van der Waals surface area contributed by atoms with Crippen LogP contribution in [0.25, 0.3) is 57.7 Å². The number of benzene rings is 4. The van der Waals surface area contributed by atoms with Gasteiger partial charge in [0.25, 0.3) is 0 Å². The van der Waals surface area contributed by atoms with Gasteiger partial charge in [-0.1, -0.05) is 125 Å². The second kappa shape index (κ2) is 8.81. The molecule has 36 heavy (non-hydrogen) atoms. The standard InChI is InChI=1S/C36H32/c1-8-26-23(5)21-34-35(29(26)11-4)32-18-17-25(22-33(32)36(34,6)7)31-20-19-30(24-15-13-12-14-16-24)27(9-2)28(31)10-3/h8-22H,1-4H2,5-7H3. The SMILES string of the molecule is C=Cc1c(C)cc2c(c1C=C)-c1ccc(-c3ccc(-c4ccccc4)c(C=C)c3C=C)cc1C2(C)C. The van der Waals surface area contributed by atoms with Gasteiger partial charge in [-0.15, -0.1) is 0 Å². The summed E-state index contributed by atoms with van der Waals surface area (Å²) in [5, 5.41) is 0. The third-order valence-electron chi connectivity index (χ3n) is 7.75. The van der Waals surface area contributed by atoms with Crippen LogP contribution in [0, 0.1) is 6.92 Å². The van der Waals surface area contributed by atoms with Gasteiger partial charge in [-0.2, -0.15) is 0 Å². The molecule has 0 N–H and O–H groups in total. The Hall–Kier alpha value is -4.16. The molecule has 0 radical (unpaired) electrons. The molecule has 176 valence electrons. The third-order valence-corrected chi connectivity index (χ3v) is 7.75. The predicted molar refractivity (Wildman–Crippen MR) is 160 cm³/mol. The monoisotopic (exact) mass is 464 g/mol. The Kier molecular flexibility index (Phi) is 5.77. The van der Waals surface area contributed by atoms with E-state index >= 15 is 0 Å². The van der Waals surface area contributed by atoms with Crippen LogP contribution < -0.4 is 0 Å². The summed E-state index contributed by atoms with van der Waals surface area (Å²) < 4.78 is 0. The van der Waals surface area contributed by atoms with E-state index in [4.69, 9.17) is 0 Å². The summed E-state index contributed by atoms with van der Waals surface area (Å²) in [5.74, 6) is 0. The first-order valence-corrected chi connectivity index (χ1v) is 12.4. The van der Waals surface area contributed by atoms with Crippen LogP contribution in [0.1, 0.15) is 52.8 Å². The maximum Gasteiger partial charge on any atom is 0.0159 e. The summed E-state index contributed by atoms with van der Waals surface area (Å²) in [6.07, 6.45) is 7.84. The lowest BCUT2D eigenvalue weighted by Crippen LogP contribution is -2.15. The number of hydrogen-bond acceptors (Lipinski definition) is 0. The topological polar surface area (TPSA) is 0 Å². The Bertz CT molecular complexity index is 1560. The summed E-state index contributed by atoms with van der Waals surface area (Å²) in [7, 11) is 0. The van der Waals surface area contributed by atoms with Gasteiger partial charge in [0.05, 0.1) is 0 Å². The van der Waals surface area contributed by atoms with Crippen molar-refractivity contribution in [2.75, 3.05) is 0 Å². The molecule has 4 aromatic rings. The molecular formula is C36H32. The molecular weight excluding hydrogens is 432 g/mol. The second-order valence-corrected chi connectivity index (χ2v) is 10.00. The van der Waals surface area contributed by atoms with E-state index in [0.29, 0.717) is 0 Å². The van der Waals surface area contributed by atoms with Crippen molar-refractivity contribution in [3.63, 3.8) is 0 Å². The Morgan fingerprint density at radius 3 is 1.69 bits per heavy atom. The highest BCUT2D eigenvalue weighted by Gasteiger charge is 2.37. The van der Waals surface area contributed by atoms with Crippen molar-refractivity contribution in [2.24, 2.45) is 0 Å². The molecule has 0 aromatic heterocycles. The molecule has 0 saturated carbocycles. The predicted octanol–water partition coefficient (Wildman–Crippen LogP) is 10.2. The van der Waals surface area contributed by atoms with Gasteiger partial charge in [-0.3, -0.25) is 0 Å². The van der Waals surface area contributed by atoms with Gasteiger partial charge in [0, 0.05) is 5.41 Å². The summed E-state index contributed by atoms with van der Waals surface area (Å²) in [6.45, 7) is 23.4. The molecule has 0 spiro atoms. The van der Waals surface area contributed by atoms with Gasteiger partial charge in [0.15, 0.2) is 0 Å². The molecule has 0 heterocycles. The summed E-state index contributed by atoms with van der Waals surface area (Å²) in [5.41, 5.74) is 15.6. The van der Waals surface area contributed by atoms with E-state index in [-0.39, 0.29) is 5.41 Å². The molecule has 1 aliphatic rings. The van der Waals surface area contributed by atoms with Crippen molar-refractivity contribution in [3.8, 4) is 33.4 Å². The van der Waals surface area contributed by atoms with Crippen LogP contribution in [0.3, 0.4) is 0 Å². The molecule has 0 saturated heterocycles. The maximum absolute atomic E-state index is 4.18. The quantitative estimate of drug-likeness (QED) is 0.266. The van der Waals surface area contributed by atoms with Crippen LogP contribution in [-0.2, 0) is 5.41 Å². The first kappa shape index (κ1) is 23.6. The maximum atomic E-state index is 4.18. The normalized spacial score (nSPS) is 13.0. The van der Waals surface area contributed by atoms with Crippen LogP contribution in [0.2, 0.25) is 0 Å². The Morgan fingerprint density at radius 1 is 0.556 bits per heavy atom. The van der Waals surface area contributed by atoms with Gasteiger partial charge < -0.3 is 0 Å². The smallest absolute Gasteiger partial charge is 0.0159 e. The molecule has 0 unspecified atom stereocenters. The van der Waals surface area contributed by atoms with Gasteiger partial charge in [-0.05, 0) is 85.3 Å². The Labute approximate surface area is 215 Å². The fourth-order valence-corrected chi connectivity index (χ4v) is 5.91. The minimum Gasteiger partial charge on any atom is -0.0984 e. The van der Waals surface area contributed by atoms with Crippen LogP contribution in [-0.4, -0.2) is 0 Å². The van der Waals surface area contributed by atoms with E-state index in [1.54, 1.807) is 0 Å². The average molecular weight is 465 g/mol. The van der Waals surface area contributed by atoms with E-state index in [1.807, 2.05) is 30.4 Å². The molecule has 0 aliphatic heterocycles. The number of rotatable bonds is 6. The molecule has 0 amide bonds. The summed E-state index contributed by atoms with van der Waals surface area (Å²) in [6, 6.07) is 24.1. The lowest BCUT2D eigenvalue weighted by atomic mass is 9.80. The first-order valence-electron chi connectivity index (χ1n) is 12.4. The fourth-order valence-electron chi connectivity index (χ4n) is 5.91. The van der Waals surface area contributed by atoms with Gasteiger partial charge in [-0.25, -0.2) is 0 Å². The highest BCUT2D eigenvalue weighted by molar-refractivity contribution is 5.94. The Morgan fingerprint density at radius 2 is 1.11 bits per heavy atom. The summed E-state index contributed by atoms with van der Waals surface area (Å²) in [4.78, 5) is 0. The van der Waals surface area contributed by atoms with Crippen LogP contribution in [0.5, 0.6) is 0 Å². The van der Waals surface area contributed by atoms with Crippen LogP contribution in [0.4, 0.5) is 0 Å². The van der Waals surface area contributed by atoms with Crippen molar-refractivity contribution >= 4 is 24.3 Å². The van der Waals surface area contributed by atoms with Crippen molar-refractivity contribution in [1.82, 2.24) is 0 Å². The molecule has 0 heteroatoms. The van der Waals surface area contributed by atoms with Crippen molar-refractivity contribution in [1.29, 1.82) is 0 Å². The molecule has 0 atom stereocenters. The first-order chi connectivity index (χ1) is 17.4. The lowest BCUT2D eigenvalue weighted by molar-refractivity contribution is 0.660.